The molecule has 0 saturated heterocycles. The van der Waals surface area contributed by atoms with Crippen LogP contribution in [-0.4, -0.2) is 22.9 Å². The fraction of sp³-hybridized carbons (Fsp3) is 0.917. The van der Waals surface area contributed by atoms with E-state index >= 15 is 0 Å². The largest absolute Gasteiger partial charge is 0.337 e. The van der Waals surface area contributed by atoms with E-state index in [-0.39, 0.29) is 5.54 Å². The molecule has 1 aliphatic carbocycles. The highest BCUT2D eigenvalue weighted by Gasteiger charge is 2.33. The summed E-state index contributed by atoms with van der Waals surface area (Å²) in [4.78, 5) is 13.9. The van der Waals surface area contributed by atoms with Gasteiger partial charge in [0.1, 0.15) is 0 Å². The minimum atomic E-state index is 0.0374. The molecule has 2 nitrogen and oxygen atoms in total. The fourth-order valence-electron chi connectivity index (χ4n) is 1.63. The smallest absolute Gasteiger partial charge is 0.222 e. The van der Waals surface area contributed by atoms with Crippen LogP contribution in [0.4, 0.5) is 0 Å². The Morgan fingerprint density at radius 2 is 1.93 bits per heavy atom. The van der Waals surface area contributed by atoms with Crippen molar-refractivity contribution in [2.75, 3.05) is 6.54 Å². The monoisotopic (exact) mass is 197 g/mol. The zero-order valence-electron chi connectivity index (χ0n) is 9.97. The minimum absolute atomic E-state index is 0.0374. The van der Waals surface area contributed by atoms with E-state index in [0.29, 0.717) is 12.3 Å². The first-order valence-corrected chi connectivity index (χ1v) is 5.81. The first kappa shape index (κ1) is 11.5. The Kier molecular flexibility index (Phi) is 3.57. The van der Waals surface area contributed by atoms with Gasteiger partial charge in [-0.15, -0.1) is 0 Å². The summed E-state index contributed by atoms with van der Waals surface area (Å²) in [6.45, 7) is 9.43. The van der Waals surface area contributed by atoms with E-state index < -0.39 is 0 Å². The van der Waals surface area contributed by atoms with E-state index in [4.69, 9.17) is 0 Å². The number of hydrogen-bond acceptors (Lipinski definition) is 1. The molecular weight excluding hydrogens is 174 g/mol. The zero-order valence-corrected chi connectivity index (χ0v) is 9.97. The van der Waals surface area contributed by atoms with Crippen molar-refractivity contribution in [3.63, 3.8) is 0 Å². The normalized spacial score (nSPS) is 16.9. The van der Waals surface area contributed by atoms with Crippen LogP contribution in [0.3, 0.4) is 0 Å². The van der Waals surface area contributed by atoms with Gasteiger partial charge in [-0.2, -0.15) is 0 Å². The number of rotatable bonds is 5. The van der Waals surface area contributed by atoms with Gasteiger partial charge in [-0.05, 0) is 39.0 Å². The van der Waals surface area contributed by atoms with Crippen LogP contribution in [-0.2, 0) is 4.79 Å². The lowest BCUT2D eigenvalue weighted by Gasteiger charge is -2.38. The Balaban J connectivity index is 2.63. The summed E-state index contributed by atoms with van der Waals surface area (Å²) in [6.07, 6.45) is 4.29. The van der Waals surface area contributed by atoms with Gasteiger partial charge < -0.3 is 4.90 Å². The molecule has 1 rings (SSSR count). The van der Waals surface area contributed by atoms with Crippen LogP contribution in [0, 0.1) is 5.92 Å². The van der Waals surface area contributed by atoms with Crippen molar-refractivity contribution in [2.45, 2.75) is 58.9 Å². The van der Waals surface area contributed by atoms with Gasteiger partial charge in [-0.1, -0.05) is 13.8 Å². The second-order valence-corrected chi connectivity index (χ2v) is 4.97. The third-order valence-electron chi connectivity index (χ3n) is 3.34. The average Bonchev–Trinajstić information content (AvgIpc) is 2.96. The van der Waals surface area contributed by atoms with E-state index in [1.54, 1.807) is 0 Å². The SMILES string of the molecule is CCC(=O)N(CC1CC1)C(C)(C)CC. The summed E-state index contributed by atoms with van der Waals surface area (Å²) in [5, 5.41) is 0. The number of nitrogens with zero attached hydrogens (tertiary/aromatic N) is 1. The van der Waals surface area contributed by atoms with Crippen molar-refractivity contribution in [3.8, 4) is 0 Å². The molecule has 1 aliphatic rings. The highest BCUT2D eigenvalue weighted by molar-refractivity contribution is 5.76. The minimum Gasteiger partial charge on any atom is -0.337 e. The van der Waals surface area contributed by atoms with E-state index in [2.05, 4.69) is 25.7 Å². The van der Waals surface area contributed by atoms with E-state index in [9.17, 15) is 4.79 Å². The molecule has 0 radical (unpaired) electrons. The molecule has 1 fully saturated rings. The fourth-order valence-corrected chi connectivity index (χ4v) is 1.63. The lowest BCUT2D eigenvalue weighted by Crippen LogP contribution is -2.48. The van der Waals surface area contributed by atoms with Crippen LogP contribution in [0.1, 0.15) is 53.4 Å². The Hall–Kier alpha value is -0.530. The standard InChI is InChI=1S/C12H23NO/c1-5-11(14)13(9-10-7-8-10)12(3,4)6-2/h10H,5-9H2,1-4H3. The average molecular weight is 197 g/mol. The molecule has 0 atom stereocenters. The van der Waals surface area contributed by atoms with Gasteiger partial charge in [-0.3, -0.25) is 4.79 Å². The summed E-state index contributed by atoms with van der Waals surface area (Å²) >= 11 is 0. The zero-order chi connectivity index (χ0) is 10.8. The second-order valence-electron chi connectivity index (χ2n) is 4.97. The summed E-state index contributed by atoms with van der Waals surface area (Å²) < 4.78 is 0. The van der Waals surface area contributed by atoms with Gasteiger partial charge >= 0.3 is 0 Å². The second kappa shape index (κ2) is 4.33. The van der Waals surface area contributed by atoms with Crippen LogP contribution in [0.2, 0.25) is 0 Å². The topological polar surface area (TPSA) is 20.3 Å². The maximum absolute atomic E-state index is 11.8. The number of carbonyl (C=O) groups is 1. The molecule has 0 aromatic carbocycles. The van der Waals surface area contributed by atoms with E-state index in [0.717, 1.165) is 18.9 Å². The van der Waals surface area contributed by atoms with Crippen LogP contribution in [0.25, 0.3) is 0 Å². The number of hydrogen-bond donors (Lipinski definition) is 0. The molecule has 82 valence electrons. The van der Waals surface area contributed by atoms with Crippen LogP contribution in [0.5, 0.6) is 0 Å². The van der Waals surface area contributed by atoms with Crippen molar-refractivity contribution < 1.29 is 4.79 Å². The molecule has 0 aliphatic heterocycles. The van der Waals surface area contributed by atoms with Crippen molar-refractivity contribution in [1.29, 1.82) is 0 Å². The summed E-state index contributed by atoms with van der Waals surface area (Å²) in [7, 11) is 0. The summed E-state index contributed by atoms with van der Waals surface area (Å²) in [5.41, 5.74) is 0.0374. The van der Waals surface area contributed by atoms with Crippen LogP contribution < -0.4 is 0 Å². The molecule has 0 bridgehead atoms. The third-order valence-corrected chi connectivity index (χ3v) is 3.34. The quantitative estimate of drug-likeness (QED) is 0.663. The third kappa shape index (κ3) is 2.73. The highest BCUT2D eigenvalue weighted by Crippen LogP contribution is 2.33. The molecule has 1 amide bonds. The van der Waals surface area contributed by atoms with Crippen molar-refractivity contribution in [1.82, 2.24) is 4.90 Å². The van der Waals surface area contributed by atoms with E-state index in [1.807, 2.05) is 6.92 Å². The Labute approximate surface area is 87.7 Å². The van der Waals surface area contributed by atoms with Gasteiger partial charge in [0.15, 0.2) is 0 Å². The molecule has 0 aromatic rings. The maximum Gasteiger partial charge on any atom is 0.222 e. The molecule has 0 heterocycles. The first-order chi connectivity index (χ1) is 6.51. The van der Waals surface area contributed by atoms with Crippen LogP contribution >= 0.6 is 0 Å². The maximum atomic E-state index is 11.8. The summed E-state index contributed by atoms with van der Waals surface area (Å²) in [5.74, 6) is 1.10. The van der Waals surface area contributed by atoms with Gasteiger partial charge in [0.2, 0.25) is 5.91 Å². The number of carbonyl (C=O) groups excluding carboxylic acids is 1. The summed E-state index contributed by atoms with van der Waals surface area (Å²) in [6, 6.07) is 0. The molecule has 14 heavy (non-hydrogen) atoms. The molecular formula is C12H23NO. The van der Waals surface area contributed by atoms with Crippen molar-refractivity contribution in [3.05, 3.63) is 0 Å². The number of amides is 1. The Morgan fingerprint density at radius 1 is 1.36 bits per heavy atom. The van der Waals surface area contributed by atoms with Gasteiger partial charge in [-0.25, -0.2) is 0 Å². The Bertz CT molecular complexity index is 206. The molecule has 2 heteroatoms. The molecule has 0 N–H and O–H groups in total. The lowest BCUT2D eigenvalue weighted by molar-refractivity contribution is -0.136. The molecule has 1 saturated carbocycles. The van der Waals surface area contributed by atoms with Gasteiger partial charge in [0, 0.05) is 18.5 Å². The van der Waals surface area contributed by atoms with Gasteiger partial charge in [0.25, 0.3) is 0 Å². The molecule has 0 aromatic heterocycles. The van der Waals surface area contributed by atoms with Crippen LogP contribution in [0.15, 0.2) is 0 Å². The van der Waals surface area contributed by atoms with Crippen molar-refractivity contribution >= 4 is 5.91 Å². The predicted octanol–water partition coefficient (Wildman–Crippen LogP) is 2.82. The van der Waals surface area contributed by atoms with E-state index in [1.165, 1.54) is 12.8 Å². The first-order valence-electron chi connectivity index (χ1n) is 5.81. The molecule has 0 spiro atoms. The molecule has 0 unspecified atom stereocenters. The lowest BCUT2D eigenvalue weighted by atomic mass is 9.98. The highest BCUT2D eigenvalue weighted by atomic mass is 16.2. The predicted molar refractivity (Wildman–Crippen MR) is 59.1 cm³/mol. The van der Waals surface area contributed by atoms with Gasteiger partial charge in [0.05, 0.1) is 0 Å². The van der Waals surface area contributed by atoms with Crippen molar-refractivity contribution in [2.24, 2.45) is 5.92 Å². The Morgan fingerprint density at radius 3 is 2.29 bits per heavy atom.